The van der Waals surface area contributed by atoms with E-state index in [1.54, 1.807) is 24.4 Å². The minimum absolute atomic E-state index is 0.390. The molecule has 1 N–H and O–H groups in total. The number of halogens is 2. The molecule has 0 saturated heterocycles. The molecule has 0 aliphatic carbocycles. The van der Waals surface area contributed by atoms with E-state index in [1.165, 1.54) is 6.20 Å². The molecule has 3 nitrogen and oxygen atoms in total. The second-order valence-corrected chi connectivity index (χ2v) is 4.92. The lowest BCUT2D eigenvalue weighted by Crippen LogP contribution is -1.99. The van der Waals surface area contributed by atoms with E-state index >= 15 is 0 Å². The average molecular weight is 294 g/mol. The van der Waals surface area contributed by atoms with Gasteiger partial charge in [-0.25, -0.2) is 0 Å². The van der Waals surface area contributed by atoms with Gasteiger partial charge in [-0.3, -0.25) is 4.98 Å². The molecule has 2 heterocycles. The molecule has 0 radical (unpaired) electrons. The van der Waals surface area contributed by atoms with Gasteiger partial charge in [-0.1, -0.05) is 35.3 Å². The molecule has 3 rings (SSSR count). The molecule has 2 aromatic heterocycles. The van der Waals surface area contributed by atoms with Crippen LogP contribution < -0.4 is 0 Å². The second kappa shape index (κ2) is 4.85. The van der Waals surface area contributed by atoms with Crippen LogP contribution in [0.1, 0.15) is 17.4 Å². The SMILES string of the molecule is OC(c1cc2cccc(Cl)c2o1)c1ccncc1Cl. The smallest absolute Gasteiger partial charge is 0.153 e. The number of pyridine rings is 1. The molecule has 1 atom stereocenters. The molecule has 0 fully saturated rings. The molecule has 0 amide bonds. The van der Waals surface area contributed by atoms with Crippen molar-refractivity contribution in [3.63, 3.8) is 0 Å². The molecule has 0 aliphatic rings. The lowest BCUT2D eigenvalue weighted by molar-refractivity contribution is 0.192. The molecule has 0 saturated carbocycles. The van der Waals surface area contributed by atoms with E-state index in [4.69, 9.17) is 27.6 Å². The third-order valence-corrected chi connectivity index (χ3v) is 3.50. The van der Waals surface area contributed by atoms with Crippen molar-refractivity contribution in [2.24, 2.45) is 0 Å². The Labute approximate surface area is 119 Å². The van der Waals surface area contributed by atoms with Gasteiger partial charge < -0.3 is 9.52 Å². The maximum Gasteiger partial charge on any atom is 0.153 e. The number of rotatable bonds is 2. The Morgan fingerprint density at radius 2 is 2.00 bits per heavy atom. The zero-order valence-electron chi connectivity index (χ0n) is 9.68. The summed E-state index contributed by atoms with van der Waals surface area (Å²) in [5, 5.41) is 12.1. The Morgan fingerprint density at radius 3 is 2.74 bits per heavy atom. The molecular weight excluding hydrogens is 285 g/mol. The number of furan rings is 1. The molecule has 0 spiro atoms. The maximum absolute atomic E-state index is 10.3. The predicted octanol–water partition coefficient (Wildman–Crippen LogP) is 4.22. The first kappa shape index (κ1) is 12.5. The number of benzene rings is 1. The van der Waals surface area contributed by atoms with Gasteiger partial charge in [-0.15, -0.1) is 0 Å². The summed E-state index contributed by atoms with van der Waals surface area (Å²) in [5.74, 6) is 0.399. The van der Waals surface area contributed by atoms with Gasteiger partial charge in [0.1, 0.15) is 11.9 Å². The molecular formula is C14H9Cl2NO2. The van der Waals surface area contributed by atoms with Crippen molar-refractivity contribution in [3.8, 4) is 0 Å². The van der Waals surface area contributed by atoms with Gasteiger partial charge in [0.15, 0.2) is 5.58 Å². The Bertz CT molecular complexity index is 739. The van der Waals surface area contributed by atoms with E-state index < -0.39 is 6.10 Å². The molecule has 5 heteroatoms. The van der Waals surface area contributed by atoms with Crippen LogP contribution in [0.4, 0.5) is 0 Å². The van der Waals surface area contributed by atoms with Gasteiger partial charge in [0, 0.05) is 23.3 Å². The quantitative estimate of drug-likeness (QED) is 0.770. The number of nitrogens with zero attached hydrogens (tertiary/aromatic N) is 1. The normalized spacial score (nSPS) is 12.8. The molecule has 0 aliphatic heterocycles. The summed E-state index contributed by atoms with van der Waals surface area (Å²) in [4.78, 5) is 3.88. The highest BCUT2D eigenvalue weighted by Crippen LogP contribution is 2.33. The standard InChI is InChI=1S/C14H9Cl2NO2/c15-10-3-1-2-8-6-12(19-14(8)10)13(18)9-4-5-17-7-11(9)16/h1-7,13,18H. The van der Waals surface area contributed by atoms with E-state index in [1.807, 2.05) is 12.1 Å². The summed E-state index contributed by atoms with van der Waals surface area (Å²) in [7, 11) is 0. The summed E-state index contributed by atoms with van der Waals surface area (Å²) in [6, 6.07) is 8.85. The summed E-state index contributed by atoms with van der Waals surface area (Å²) < 4.78 is 5.61. The van der Waals surface area contributed by atoms with E-state index in [0.29, 0.717) is 27.0 Å². The third-order valence-electron chi connectivity index (χ3n) is 2.88. The molecule has 3 aromatic rings. The fourth-order valence-electron chi connectivity index (χ4n) is 1.94. The maximum atomic E-state index is 10.3. The van der Waals surface area contributed by atoms with Crippen LogP contribution in [0.5, 0.6) is 0 Å². The van der Waals surface area contributed by atoms with Crippen molar-refractivity contribution in [1.29, 1.82) is 0 Å². The highest BCUT2D eigenvalue weighted by molar-refractivity contribution is 6.34. The Kier molecular flexibility index (Phi) is 3.19. The van der Waals surface area contributed by atoms with E-state index in [0.717, 1.165) is 5.39 Å². The third kappa shape index (κ3) is 2.21. The molecule has 96 valence electrons. The number of aliphatic hydroxyl groups is 1. The molecule has 0 bridgehead atoms. The van der Waals surface area contributed by atoms with Crippen molar-refractivity contribution in [1.82, 2.24) is 4.98 Å². The van der Waals surface area contributed by atoms with Crippen molar-refractivity contribution < 1.29 is 9.52 Å². The lowest BCUT2D eigenvalue weighted by atomic mass is 10.1. The van der Waals surface area contributed by atoms with Gasteiger partial charge in [-0.05, 0) is 18.2 Å². The van der Waals surface area contributed by atoms with Gasteiger partial charge in [0.25, 0.3) is 0 Å². The first-order chi connectivity index (χ1) is 9.16. The zero-order chi connectivity index (χ0) is 13.4. The Balaban J connectivity index is 2.10. The monoisotopic (exact) mass is 293 g/mol. The van der Waals surface area contributed by atoms with Crippen LogP contribution >= 0.6 is 23.2 Å². The van der Waals surface area contributed by atoms with Crippen LogP contribution in [0.3, 0.4) is 0 Å². The summed E-state index contributed by atoms with van der Waals surface area (Å²) in [6.45, 7) is 0. The van der Waals surface area contributed by atoms with E-state index in [-0.39, 0.29) is 0 Å². The van der Waals surface area contributed by atoms with Crippen LogP contribution in [0.25, 0.3) is 11.0 Å². The van der Waals surface area contributed by atoms with Crippen molar-refractivity contribution >= 4 is 34.2 Å². The molecule has 1 aromatic carbocycles. The number of aromatic nitrogens is 1. The summed E-state index contributed by atoms with van der Waals surface area (Å²) in [5.41, 5.74) is 1.11. The fourth-order valence-corrected chi connectivity index (χ4v) is 2.39. The van der Waals surface area contributed by atoms with Gasteiger partial charge in [-0.2, -0.15) is 0 Å². The number of fused-ring (bicyclic) bond motifs is 1. The van der Waals surface area contributed by atoms with Crippen LogP contribution in [-0.2, 0) is 0 Å². The number of hydrogen-bond donors (Lipinski definition) is 1. The topological polar surface area (TPSA) is 46.3 Å². The van der Waals surface area contributed by atoms with Gasteiger partial charge in [0.05, 0.1) is 10.0 Å². The minimum Gasteiger partial charge on any atom is -0.456 e. The first-order valence-corrected chi connectivity index (χ1v) is 6.38. The van der Waals surface area contributed by atoms with E-state index in [2.05, 4.69) is 4.98 Å². The van der Waals surface area contributed by atoms with Crippen LogP contribution in [0.2, 0.25) is 10.0 Å². The Morgan fingerprint density at radius 1 is 1.16 bits per heavy atom. The highest BCUT2D eigenvalue weighted by atomic mass is 35.5. The lowest BCUT2D eigenvalue weighted by Gasteiger charge is -2.08. The highest BCUT2D eigenvalue weighted by Gasteiger charge is 2.18. The van der Waals surface area contributed by atoms with E-state index in [9.17, 15) is 5.11 Å². The number of hydrogen-bond acceptors (Lipinski definition) is 3. The Hall–Kier alpha value is -1.55. The largest absolute Gasteiger partial charge is 0.456 e. The molecule has 19 heavy (non-hydrogen) atoms. The average Bonchev–Trinajstić information content (AvgIpc) is 2.84. The van der Waals surface area contributed by atoms with Crippen LogP contribution in [-0.4, -0.2) is 10.1 Å². The predicted molar refractivity (Wildman–Crippen MR) is 74.5 cm³/mol. The van der Waals surface area contributed by atoms with Crippen molar-refractivity contribution in [2.45, 2.75) is 6.10 Å². The number of para-hydroxylation sites is 1. The number of aliphatic hydroxyl groups excluding tert-OH is 1. The summed E-state index contributed by atoms with van der Waals surface area (Å²) in [6.07, 6.45) is 2.11. The van der Waals surface area contributed by atoms with Crippen LogP contribution in [0.15, 0.2) is 47.1 Å². The van der Waals surface area contributed by atoms with Crippen LogP contribution in [0, 0.1) is 0 Å². The fraction of sp³-hybridized carbons (Fsp3) is 0.0714. The van der Waals surface area contributed by atoms with Crippen molar-refractivity contribution in [3.05, 3.63) is 64.1 Å². The molecule has 1 unspecified atom stereocenters. The first-order valence-electron chi connectivity index (χ1n) is 5.62. The van der Waals surface area contributed by atoms with Gasteiger partial charge >= 0.3 is 0 Å². The second-order valence-electron chi connectivity index (χ2n) is 4.11. The zero-order valence-corrected chi connectivity index (χ0v) is 11.2. The van der Waals surface area contributed by atoms with Crippen molar-refractivity contribution in [2.75, 3.05) is 0 Å². The van der Waals surface area contributed by atoms with Gasteiger partial charge in [0.2, 0.25) is 0 Å². The summed E-state index contributed by atoms with van der Waals surface area (Å²) >= 11 is 12.0. The minimum atomic E-state index is -0.945.